The first kappa shape index (κ1) is 12.1. The van der Waals surface area contributed by atoms with Crippen molar-refractivity contribution < 1.29 is 19.7 Å². The Labute approximate surface area is 105 Å². The normalized spacial score (nSPS) is 13.8. The van der Waals surface area contributed by atoms with E-state index in [1.807, 2.05) is 31.6 Å². The van der Waals surface area contributed by atoms with Gasteiger partial charge < -0.3 is 14.9 Å². The standard InChI is InChI=1S/C12H14N2O4/c1-13-6-7-14(9-13)8-10-2-4-11(5-3-10)17-18-12(15)16/h2-7H,8-9H2,1H3,(H,15,16). The van der Waals surface area contributed by atoms with Crippen LogP contribution in [-0.2, 0) is 11.4 Å². The van der Waals surface area contributed by atoms with Gasteiger partial charge in [0.1, 0.15) is 0 Å². The Morgan fingerprint density at radius 1 is 1.33 bits per heavy atom. The second kappa shape index (κ2) is 5.31. The number of hydrogen-bond donors (Lipinski definition) is 1. The molecule has 18 heavy (non-hydrogen) atoms. The van der Waals surface area contributed by atoms with Crippen molar-refractivity contribution in [3.63, 3.8) is 0 Å². The Hall–Kier alpha value is -2.37. The van der Waals surface area contributed by atoms with Crippen LogP contribution >= 0.6 is 0 Å². The van der Waals surface area contributed by atoms with Gasteiger partial charge >= 0.3 is 6.16 Å². The van der Waals surface area contributed by atoms with Gasteiger partial charge in [-0.1, -0.05) is 12.1 Å². The topological polar surface area (TPSA) is 62.2 Å². The smallest absolute Gasteiger partial charge is 0.447 e. The minimum atomic E-state index is -1.47. The molecule has 0 saturated carbocycles. The highest BCUT2D eigenvalue weighted by molar-refractivity contribution is 5.56. The molecule has 0 spiro atoms. The molecule has 0 fully saturated rings. The third-order valence-electron chi connectivity index (χ3n) is 2.45. The summed E-state index contributed by atoms with van der Waals surface area (Å²) in [5.41, 5.74) is 1.11. The highest BCUT2D eigenvalue weighted by Crippen LogP contribution is 2.15. The third-order valence-corrected chi connectivity index (χ3v) is 2.45. The fourth-order valence-corrected chi connectivity index (χ4v) is 1.66. The summed E-state index contributed by atoms with van der Waals surface area (Å²) in [5, 5.41) is 8.28. The largest absolute Gasteiger partial charge is 0.547 e. The molecule has 2 rings (SSSR count). The van der Waals surface area contributed by atoms with Crippen LogP contribution in [-0.4, -0.2) is 34.8 Å². The third kappa shape index (κ3) is 3.31. The van der Waals surface area contributed by atoms with Gasteiger partial charge in [-0.05, 0) is 17.7 Å². The molecular formula is C12H14N2O4. The number of hydrogen-bond acceptors (Lipinski definition) is 5. The molecular weight excluding hydrogens is 236 g/mol. The van der Waals surface area contributed by atoms with Crippen LogP contribution in [0.15, 0.2) is 36.7 Å². The minimum Gasteiger partial charge on any atom is -0.447 e. The molecule has 1 aliphatic heterocycles. The van der Waals surface area contributed by atoms with Gasteiger partial charge in [0.2, 0.25) is 0 Å². The molecule has 0 amide bonds. The van der Waals surface area contributed by atoms with E-state index in [-0.39, 0.29) is 0 Å². The van der Waals surface area contributed by atoms with Crippen molar-refractivity contribution in [2.45, 2.75) is 6.54 Å². The highest BCUT2D eigenvalue weighted by Gasteiger charge is 2.09. The molecule has 0 atom stereocenters. The van der Waals surface area contributed by atoms with Crippen molar-refractivity contribution in [1.82, 2.24) is 9.80 Å². The molecule has 6 nitrogen and oxygen atoms in total. The maximum atomic E-state index is 10.1. The SMILES string of the molecule is CN1C=CN(Cc2ccc(OOC(=O)O)cc2)C1. The molecule has 1 aliphatic rings. The van der Waals surface area contributed by atoms with Crippen LogP contribution in [0.2, 0.25) is 0 Å². The van der Waals surface area contributed by atoms with E-state index in [4.69, 9.17) is 5.11 Å². The van der Waals surface area contributed by atoms with E-state index < -0.39 is 6.16 Å². The van der Waals surface area contributed by atoms with Crippen LogP contribution in [0.5, 0.6) is 5.75 Å². The van der Waals surface area contributed by atoms with Crippen LogP contribution in [0.25, 0.3) is 0 Å². The summed E-state index contributed by atoms with van der Waals surface area (Å²) < 4.78 is 0. The fourth-order valence-electron chi connectivity index (χ4n) is 1.66. The molecule has 0 aromatic heterocycles. The molecule has 1 N–H and O–H groups in total. The average molecular weight is 250 g/mol. The highest BCUT2D eigenvalue weighted by atomic mass is 17.2. The number of carboxylic acid groups (broad SMARTS) is 1. The Morgan fingerprint density at radius 2 is 2.06 bits per heavy atom. The van der Waals surface area contributed by atoms with Crippen molar-refractivity contribution in [3.05, 3.63) is 42.2 Å². The van der Waals surface area contributed by atoms with Crippen LogP contribution < -0.4 is 4.89 Å². The second-order valence-corrected chi connectivity index (χ2v) is 4.02. The Morgan fingerprint density at radius 3 is 2.61 bits per heavy atom. The van der Waals surface area contributed by atoms with Gasteiger partial charge in [-0.3, -0.25) is 4.89 Å². The first-order chi connectivity index (χ1) is 8.63. The first-order valence-electron chi connectivity index (χ1n) is 5.42. The molecule has 0 saturated heterocycles. The molecule has 0 bridgehead atoms. The maximum absolute atomic E-state index is 10.1. The lowest BCUT2D eigenvalue weighted by atomic mass is 10.2. The number of nitrogens with zero attached hydrogens (tertiary/aromatic N) is 2. The second-order valence-electron chi connectivity index (χ2n) is 4.02. The van der Waals surface area contributed by atoms with Crippen LogP contribution in [0.1, 0.15) is 5.56 Å². The van der Waals surface area contributed by atoms with Crippen LogP contribution in [0.3, 0.4) is 0 Å². The molecule has 0 radical (unpaired) electrons. The van der Waals surface area contributed by atoms with E-state index in [9.17, 15) is 4.79 Å². The molecule has 1 heterocycles. The molecule has 6 heteroatoms. The zero-order chi connectivity index (χ0) is 13.0. The Balaban J connectivity index is 1.87. The van der Waals surface area contributed by atoms with E-state index in [1.165, 1.54) is 0 Å². The van der Waals surface area contributed by atoms with Gasteiger partial charge in [0.05, 0.1) is 6.67 Å². The lowest BCUT2D eigenvalue weighted by Crippen LogP contribution is -2.21. The summed E-state index contributed by atoms with van der Waals surface area (Å²) in [5.74, 6) is 0.357. The maximum Gasteiger partial charge on any atom is 0.547 e. The van der Waals surface area contributed by atoms with Gasteiger partial charge in [0, 0.05) is 26.0 Å². The Bertz CT molecular complexity index is 444. The molecule has 0 unspecified atom stereocenters. The van der Waals surface area contributed by atoms with Crippen molar-refractivity contribution in [3.8, 4) is 5.75 Å². The van der Waals surface area contributed by atoms with Crippen molar-refractivity contribution >= 4 is 6.16 Å². The van der Waals surface area contributed by atoms with E-state index >= 15 is 0 Å². The molecule has 1 aromatic carbocycles. The van der Waals surface area contributed by atoms with E-state index in [2.05, 4.69) is 19.6 Å². The summed E-state index contributed by atoms with van der Waals surface area (Å²) >= 11 is 0. The summed E-state index contributed by atoms with van der Waals surface area (Å²) in [6.07, 6.45) is 2.57. The van der Waals surface area contributed by atoms with Crippen molar-refractivity contribution in [2.24, 2.45) is 0 Å². The predicted molar refractivity (Wildman–Crippen MR) is 63.5 cm³/mol. The Kier molecular flexibility index (Phi) is 3.57. The number of rotatable bonds is 4. The van der Waals surface area contributed by atoms with Gasteiger partial charge in [-0.2, -0.15) is 0 Å². The summed E-state index contributed by atoms with van der Waals surface area (Å²) in [6, 6.07) is 7.07. The minimum absolute atomic E-state index is 0.357. The fraction of sp³-hybridized carbons (Fsp3) is 0.250. The van der Waals surface area contributed by atoms with Gasteiger partial charge in [-0.25, -0.2) is 9.68 Å². The van der Waals surface area contributed by atoms with Gasteiger partial charge in [0.15, 0.2) is 5.75 Å². The molecule has 96 valence electrons. The average Bonchev–Trinajstić information content (AvgIpc) is 2.74. The van der Waals surface area contributed by atoms with Crippen LogP contribution in [0.4, 0.5) is 4.79 Å². The summed E-state index contributed by atoms with van der Waals surface area (Å²) in [7, 11) is 2.01. The number of benzene rings is 1. The summed E-state index contributed by atoms with van der Waals surface area (Å²) in [4.78, 5) is 22.9. The quantitative estimate of drug-likeness (QED) is 0.650. The van der Waals surface area contributed by atoms with Crippen molar-refractivity contribution in [2.75, 3.05) is 13.7 Å². The van der Waals surface area contributed by atoms with Gasteiger partial charge in [-0.15, -0.1) is 0 Å². The van der Waals surface area contributed by atoms with E-state index in [0.717, 1.165) is 18.8 Å². The molecule has 0 aliphatic carbocycles. The van der Waals surface area contributed by atoms with Crippen LogP contribution in [0, 0.1) is 0 Å². The van der Waals surface area contributed by atoms with Gasteiger partial charge in [0.25, 0.3) is 0 Å². The lowest BCUT2D eigenvalue weighted by molar-refractivity contribution is -0.161. The van der Waals surface area contributed by atoms with E-state index in [1.54, 1.807) is 12.1 Å². The number of carbonyl (C=O) groups is 1. The predicted octanol–water partition coefficient (Wildman–Crippen LogP) is 1.85. The summed E-state index contributed by atoms with van der Waals surface area (Å²) in [6.45, 7) is 1.65. The zero-order valence-corrected chi connectivity index (χ0v) is 9.94. The monoisotopic (exact) mass is 250 g/mol. The lowest BCUT2D eigenvalue weighted by Gasteiger charge is -2.18. The first-order valence-corrected chi connectivity index (χ1v) is 5.42. The molecule has 1 aromatic rings. The van der Waals surface area contributed by atoms with Crippen molar-refractivity contribution in [1.29, 1.82) is 0 Å². The van der Waals surface area contributed by atoms with E-state index in [0.29, 0.717) is 5.75 Å². The zero-order valence-electron chi connectivity index (χ0n) is 9.94.